The van der Waals surface area contributed by atoms with Crippen LogP contribution in [-0.2, 0) is 9.53 Å². The molecule has 0 saturated heterocycles. The lowest BCUT2D eigenvalue weighted by Gasteiger charge is -2.12. The zero-order valence-corrected chi connectivity index (χ0v) is 9.80. The van der Waals surface area contributed by atoms with E-state index in [9.17, 15) is 4.79 Å². The van der Waals surface area contributed by atoms with Crippen LogP contribution in [0.15, 0.2) is 11.6 Å². The zero-order valence-electron chi connectivity index (χ0n) is 9.80. The van der Waals surface area contributed by atoms with E-state index in [-0.39, 0.29) is 12.1 Å². The van der Waals surface area contributed by atoms with Gasteiger partial charge in [0.1, 0.15) is 0 Å². The lowest BCUT2D eigenvalue weighted by molar-refractivity contribution is -0.143. The predicted octanol–water partition coefficient (Wildman–Crippen LogP) is 3.46. The fourth-order valence-electron chi connectivity index (χ4n) is 1.19. The topological polar surface area (TPSA) is 26.3 Å². The average molecular weight is 198 g/mol. The van der Waals surface area contributed by atoms with Crippen LogP contribution in [0.25, 0.3) is 0 Å². The van der Waals surface area contributed by atoms with E-state index in [0.717, 1.165) is 31.3 Å². The third-order valence-electron chi connectivity index (χ3n) is 2.06. The van der Waals surface area contributed by atoms with Gasteiger partial charge < -0.3 is 4.74 Å². The van der Waals surface area contributed by atoms with Crippen molar-refractivity contribution in [2.45, 2.75) is 59.5 Å². The second-order valence-corrected chi connectivity index (χ2v) is 3.68. The molecule has 0 aliphatic rings. The van der Waals surface area contributed by atoms with Crippen molar-refractivity contribution in [3.8, 4) is 0 Å². The highest BCUT2D eigenvalue weighted by Gasteiger charge is 2.09. The SMILES string of the molecule is CCC/C=C(\C)C(=O)OC(C)CCC. The van der Waals surface area contributed by atoms with E-state index in [0.29, 0.717) is 0 Å². The summed E-state index contributed by atoms with van der Waals surface area (Å²) in [6.45, 7) is 7.93. The van der Waals surface area contributed by atoms with E-state index in [1.807, 2.05) is 19.9 Å². The molecule has 0 saturated carbocycles. The normalized spacial score (nSPS) is 13.9. The summed E-state index contributed by atoms with van der Waals surface area (Å²) in [5.41, 5.74) is 0.731. The summed E-state index contributed by atoms with van der Waals surface area (Å²) in [5, 5.41) is 0. The number of esters is 1. The molecule has 2 heteroatoms. The van der Waals surface area contributed by atoms with Gasteiger partial charge in [0, 0.05) is 5.57 Å². The number of allylic oxidation sites excluding steroid dienone is 1. The first-order valence-corrected chi connectivity index (χ1v) is 5.49. The number of unbranched alkanes of at least 4 members (excludes halogenated alkanes) is 1. The molecule has 0 bridgehead atoms. The molecular weight excluding hydrogens is 176 g/mol. The summed E-state index contributed by atoms with van der Waals surface area (Å²) in [5.74, 6) is -0.167. The monoisotopic (exact) mass is 198 g/mol. The molecule has 0 rings (SSSR count). The van der Waals surface area contributed by atoms with Crippen molar-refractivity contribution in [3.05, 3.63) is 11.6 Å². The Labute approximate surface area is 87.3 Å². The number of hydrogen-bond donors (Lipinski definition) is 0. The fraction of sp³-hybridized carbons (Fsp3) is 0.750. The molecular formula is C12H22O2. The van der Waals surface area contributed by atoms with Gasteiger partial charge in [-0.2, -0.15) is 0 Å². The maximum Gasteiger partial charge on any atom is 0.333 e. The second-order valence-electron chi connectivity index (χ2n) is 3.68. The molecule has 0 aliphatic heterocycles. The molecule has 0 aromatic rings. The lowest BCUT2D eigenvalue weighted by atomic mass is 10.2. The van der Waals surface area contributed by atoms with E-state index in [2.05, 4.69) is 13.8 Å². The fourth-order valence-corrected chi connectivity index (χ4v) is 1.19. The highest BCUT2D eigenvalue weighted by Crippen LogP contribution is 2.06. The number of hydrogen-bond acceptors (Lipinski definition) is 2. The van der Waals surface area contributed by atoms with E-state index in [1.165, 1.54) is 0 Å². The Morgan fingerprint density at radius 2 is 2.00 bits per heavy atom. The van der Waals surface area contributed by atoms with Crippen LogP contribution in [0.5, 0.6) is 0 Å². The Bertz CT molecular complexity index is 194. The molecule has 0 N–H and O–H groups in total. The third kappa shape index (κ3) is 5.79. The number of carbonyl (C=O) groups is 1. The minimum atomic E-state index is -0.167. The Hall–Kier alpha value is -0.790. The smallest absolute Gasteiger partial charge is 0.333 e. The molecule has 1 atom stereocenters. The summed E-state index contributed by atoms with van der Waals surface area (Å²) >= 11 is 0. The summed E-state index contributed by atoms with van der Waals surface area (Å²) in [6.07, 6.45) is 5.98. The highest BCUT2D eigenvalue weighted by molar-refractivity contribution is 5.87. The summed E-state index contributed by atoms with van der Waals surface area (Å²) in [7, 11) is 0. The first kappa shape index (κ1) is 13.2. The minimum Gasteiger partial charge on any atom is -0.459 e. The first-order chi connectivity index (χ1) is 6.61. The van der Waals surface area contributed by atoms with Crippen molar-refractivity contribution in [2.24, 2.45) is 0 Å². The van der Waals surface area contributed by atoms with E-state index in [4.69, 9.17) is 4.74 Å². The first-order valence-electron chi connectivity index (χ1n) is 5.49. The standard InChI is InChI=1S/C12H22O2/c1-5-7-9-10(3)12(13)14-11(4)8-6-2/h9,11H,5-8H2,1-4H3/b10-9+. The molecule has 0 amide bonds. The minimum absolute atomic E-state index is 0.0393. The molecule has 0 heterocycles. The average Bonchev–Trinajstić information content (AvgIpc) is 2.14. The van der Waals surface area contributed by atoms with Crippen LogP contribution >= 0.6 is 0 Å². The molecule has 0 spiro atoms. The number of rotatable bonds is 6. The third-order valence-corrected chi connectivity index (χ3v) is 2.06. The van der Waals surface area contributed by atoms with Crippen LogP contribution in [0.2, 0.25) is 0 Å². The lowest BCUT2D eigenvalue weighted by Crippen LogP contribution is -2.15. The van der Waals surface area contributed by atoms with Crippen molar-refractivity contribution >= 4 is 5.97 Å². The van der Waals surface area contributed by atoms with Crippen LogP contribution in [0.1, 0.15) is 53.4 Å². The second kappa shape index (κ2) is 7.60. The Morgan fingerprint density at radius 3 is 2.50 bits per heavy atom. The molecule has 0 radical (unpaired) electrons. The van der Waals surface area contributed by atoms with Gasteiger partial charge in [-0.05, 0) is 26.7 Å². The zero-order chi connectivity index (χ0) is 11.0. The summed E-state index contributed by atoms with van der Waals surface area (Å²) in [6, 6.07) is 0. The molecule has 0 fully saturated rings. The van der Waals surface area contributed by atoms with Gasteiger partial charge in [0.05, 0.1) is 6.10 Å². The quantitative estimate of drug-likeness (QED) is 0.482. The van der Waals surface area contributed by atoms with Gasteiger partial charge in [-0.15, -0.1) is 0 Å². The Morgan fingerprint density at radius 1 is 1.36 bits per heavy atom. The number of carbonyl (C=O) groups excluding carboxylic acids is 1. The van der Waals surface area contributed by atoms with Crippen molar-refractivity contribution in [3.63, 3.8) is 0 Å². The highest BCUT2D eigenvalue weighted by atomic mass is 16.5. The number of ether oxygens (including phenoxy) is 1. The molecule has 82 valence electrons. The van der Waals surface area contributed by atoms with Gasteiger partial charge in [0.15, 0.2) is 0 Å². The van der Waals surface area contributed by atoms with Crippen LogP contribution in [0.4, 0.5) is 0 Å². The molecule has 2 nitrogen and oxygen atoms in total. The van der Waals surface area contributed by atoms with Gasteiger partial charge in [0.25, 0.3) is 0 Å². The van der Waals surface area contributed by atoms with Crippen LogP contribution in [0, 0.1) is 0 Å². The van der Waals surface area contributed by atoms with Gasteiger partial charge in [-0.1, -0.05) is 32.8 Å². The summed E-state index contributed by atoms with van der Waals surface area (Å²) < 4.78 is 5.24. The Kier molecular flexibility index (Phi) is 7.17. The van der Waals surface area contributed by atoms with Gasteiger partial charge in [-0.3, -0.25) is 0 Å². The van der Waals surface area contributed by atoms with Crippen molar-refractivity contribution in [1.29, 1.82) is 0 Å². The molecule has 0 aromatic heterocycles. The van der Waals surface area contributed by atoms with Crippen LogP contribution < -0.4 is 0 Å². The largest absolute Gasteiger partial charge is 0.459 e. The van der Waals surface area contributed by atoms with Gasteiger partial charge in [0.2, 0.25) is 0 Å². The van der Waals surface area contributed by atoms with E-state index < -0.39 is 0 Å². The van der Waals surface area contributed by atoms with E-state index in [1.54, 1.807) is 0 Å². The predicted molar refractivity (Wildman–Crippen MR) is 59.1 cm³/mol. The molecule has 0 aliphatic carbocycles. The molecule has 0 aromatic carbocycles. The molecule has 1 unspecified atom stereocenters. The maximum absolute atomic E-state index is 11.4. The Balaban J connectivity index is 3.94. The van der Waals surface area contributed by atoms with Crippen molar-refractivity contribution in [2.75, 3.05) is 0 Å². The van der Waals surface area contributed by atoms with Crippen molar-refractivity contribution in [1.82, 2.24) is 0 Å². The van der Waals surface area contributed by atoms with Gasteiger partial charge in [-0.25, -0.2) is 4.79 Å². The summed E-state index contributed by atoms with van der Waals surface area (Å²) in [4.78, 5) is 11.4. The maximum atomic E-state index is 11.4. The molecule has 14 heavy (non-hydrogen) atoms. The van der Waals surface area contributed by atoms with Crippen LogP contribution in [-0.4, -0.2) is 12.1 Å². The van der Waals surface area contributed by atoms with E-state index >= 15 is 0 Å². The van der Waals surface area contributed by atoms with Crippen molar-refractivity contribution < 1.29 is 9.53 Å². The van der Waals surface area contributed by atoms with Crippen LogP contribution in [0.3, 0.4) is 0 Å². The van der Waals surface area contributed by atoms with Gasteiger partial charge >= 0.3 is 5.97 Å².